The molecule has 18 heavy (non-hydrogen) atoms. The molecule has 0 amide bonds. The molecule has 2 nitrogen and oxygen atoms in total. The summed E-state index contributed by atoms with van der Waals surface area (Å²) in [6.45, 7) is -3.70. The highest BCUT2D eigenvalue weighted by molar-refractivity contribution is 5.03. The Labute approximate surface area is 96.2 Å². The Balaban J connectivity index is 5.35. The van der Waals surface area contributed by atoms with Gasteiger partial charge >= 0.3 is 23.7 Å². The lowest BCUT2D eigenvalue weighted by atomic mass is 9.96. The van der Waals surface area contributed by atoms with Crippen LogP contribution >= 0.6 is 0 Å². The zero-order chi connectivity index (χ0) is 14.8. The largest absolute Gasteiger partial charge is 0.396 e. The van der Waals surface area contributed by atoms with Crippen LogP contribution in [-0.4, -0.2) is 47.1 Å². The average Bonchev–Trinajstić information content (AvgIpc) is 2.25. The van der Waals surface area contributed by atoms with Crippen molar-refractivity contribution in [2.45, 2.75) is 36.5 Å². The van der Waals surface area contributed by atoms with Crippen LogP contribution in [0.1, 0.15) is 12.8 Å². The summed E-state index contributed by atoms with van der Waals surface area (Å²) in [5, 5.41) is 16.0. The summed E-state index contributed by atoms with van der Waals surface area (Å²) < 4.78 is 101. The number of aliphatic hydroxyl groups excluding tert-OH is 2. The van der Waals surface area contributed by atoms with Crippen LogP contribution in [0.4, 0.5) is 35.1 Å². The first kappa shape index (κ1) is 17.4. The minimum Gasteiger partial charge on any atom is -0.396 e. The van der Waals surface area contributed by atoms with Crippen LogP contribution in [0.3, 0.4) is 0 Å². The number of rotatable bonds is 7. The first-order chi connectivity index (χ1) is 7.87. The van der Waals surface area contributed by atoms with Gasteiger partial charge in [-0.05, 0) is 6.42 Å². The fraction of sp³-hybridized carbons (Fsp3) is 1.00. The Kier molecular flexibility index (Phi) is 4.97. The van der Waals surface area contributed by atoms with E-state index < -0.39 is 49.7 Å². The highest BCUT2D eigenvalue weighted by Crippen LogP contribution is 2.53. The van der Waals surface area contributed by atoms with Gasteiger partial charge in [-0.15, -0.1) is 0 Å². The van der Waals surface area contributed by atoms with Crippen molar-refractivity contribution in [3.05, 3.63) is 0 Å². The lowest BCUT2D eigenvalue weighted by molar-refractivity contribution is -0.371. The maximum absolute atomic E-state index is 12.8. The second-order valence-corrected chi connectivity index (χ2v) is 3.54. The summed E-state index contributed by atoms with van der Waals surface area (Å²) in [7, 11) is 0. The van der Waals surface area contributed by atoms with Crippen molar-refractivity contribution in [2.24, 2.45) is 0 Å². The molecule has 0 fully saturated rings. The van der Waals surface area contributed by atoms with E-state index in [2.05, 4.69) is 0 Å². The topological polar surface area (TPSA) is 40.5 Å². The summed E-state index contributed by atoms with van der Waals surface area (Å²) in [4.78, 5) is 0. The second-order valence-electron chi connectivity index (χ2n) is 3.54. The van der Waals surface area contributed by atoms with Crippen LogP contribution < -0.4 is 0 Å². The third kappa shape index (κ3) is 2.68. The number of aliphatic hydroxyl groups is 2. The zero-order valence-corrected chi connectivity index (χ0v) is 8.75. The van der Waals surface area contributed by atoms with Gasteiger partial charge in [-0.3, -0.25) is 0 Å². The van der Waals surface area contributed by atoms with E-state index in [0.29, 0.717) is 0 Å². The minimum absolute atomic E-state index is 0.969. The van der Waals surface area contributed by atoms with Crippen LogP contribution in [-0.2, 0) is 0 Å². The lowest BCUT2D eigenvalue weighted by Gasteiger charge is -2.36. The van der Waals surface area contributed by atoms with Crippen molar-refractivity contribution < 1.29 is 45.3 Å². The third-order valence-corrected chi connectivity index (χ3v) is 2.16. The predicted octanol–water partition coefficient (Wildman–Crippen LogP) is 2.29. The van der Waals surface area contributed by atoms with Gasteiger partial charge < -0.3 is 10.2 Å². The Hall–Kier alpha value is -0.640. The van der Waals surface area contributed by atoms with E-state index in [1.807, 2.05) is 0 Å². The molecule has 0 unspecified atom stereocenters. The smallest absolute Gasteiger partial charge is 0.380 e. The third-order valence-electron chi connectivity index (χ3n) is 2.16. The molecule has 0 aromatic carbocycles. The van der Waals surface area contributed by atoms with Crippen molar-refractivity contribution in [1.29, 1.82) is 0 Å². The van der Waals surface area contributed by atoms with Gasteiger partial charge in [-0.1, -0.05) is 0 Å². The highest BCUT2D eigenvalue weighted by Gasteiger charge is 2.79. The fourth-order valence-electron chi connectivity index (χ4n) is 1.02. The lowest BCUT2D eigenvalue weighted by Crippen LogP contribution is -2.63. The molecule has 2 N–H and O–H groups in total. The van der Waals surface area contributed by atoms with Gasteiger partial charge in [0.05, 0.1) is 0 Å². The molecular weight excluding hydrogens is 280 g/mol. The number of halogens is 8. The summed E-state index contributed by atoms with van der Waals surface area (Å²) in [6, 6.07) is 0. The van der Waals surface area contributed by atoms with Gasteiger partial charge in [-0.25, -0.2) is 0 Å². The first-order valence-electron chi connectivity index (χ1n) is 4.60. The molecule has 110 valence electrons. The van der Waals surface area contributed by atoms with Gasteiger partial charge in [0.1, 0.15) is 6.61 Å². The molecule has 0 aliphatic rings. The van der Waals surface area contributed by atoms with Crippen molar-refractivity contribution in [1.82, 2.24) is 0 Å². The molecule has 0 aliphatic carbocycles. The van der Waals surface area contributed by atoms with Gasteiger partial charge in [0.2, 0.25) is 0 Å². The van der Waals surface area contributed by atoms with Crippen LogP contribution in [0, 0.1) is 0 Å². The monoisotopic (exact) mass is 290 g/mol. The summed E-state index contributed by atoms with van der Waals surface area (Å²) in [6.07, 6.45) is -2.86. The van der Waals surface area contributed by atoms with Crippen LogP contribution in [0.2, 0.25) is 0 Å². The molecule has 0 heterocycles. The number of alkyl halides is 8. The van der Waals surface area contributed by atoms with Gasteiger partial charge in [0.25, 0.3) is 0 Å². The van der Waals surface area contributed by atoms with E-state index >= 15 is 0 Å². The zero-order valence-electron chi connectivity index (χ0n) is 8.75. The van der Waals surface area contributed by atoms with Crippen molar-refractivity contribution >= 4 is 0 Å². The predicted molar refractivity (Wildman–Crippen MR) is 43.2 cm³/mol. The molecule has 0 atom stereocenters. The number of hydrogen-bond acceptors (Lipinski definition) is 2. The van der Waals surface area contributed by atoms with Crippen molar-refractivity contribution in [2.75, 3.05) is 13.2 Å². The number of hydrogen-bond donors (Lipinski definition) is 2. The maximum atomic E-state index is 12.8. The van der Waals surface area contributed by atoms with E-state index in [0.717, 1.165) is 0 Å². The van der Waals surface area contributed by atoms with Gasteiger partial charge in [0.15, 0.2) is 0 Å². The second kappa shape index (κ2) is 5.16. The van der Waals surface area contributed by atoms with Crippen LogP contribution in [0.5, 0.6) is 0 Å². The van der Waals surface area contributed by atoms with Crippen molar-refractivity contribution in [3.8, 4) is 0 Å². The molecule has 0 saturated heterocycles. The average molecular weight is 290 g/mol. The van der Waals surface area contributed by atoms with E-state index in [4.69, 9.17) is 10.2 Å². The molecule has 0 spiro atoms. The standard InChI is InChI=1S/C8H10F8O2/c9-5(10,2-1-3-17)7(13,14)8(15,16)6(11,12)4-18/h17-18H,1-4H2. The molecule has 0 rings (SSSR count). The van der Waals surface area contributed by atoms with E-state index in [1.165, 1.54) is 0 Å². The first-order valence-corrected chi connectivity index (χ1v) is 4.60. The van der Waals surface area contributed by atoms with Gasteiger partial charge in [0, 0.05) is 13.0 Å². The van der Waals surface area contributed by atoms with E-state index in [-0.39, 0.29) is 0 Å². The molecule has 0 aliphatic heterocycles. The minimum atomic E-state index is -6.42. The molecule has 0 aromatic heterocycles. The summed E-state index contributed by atoms with van der Waals surface area (Å²) in [5.74, 6) is -23.9. The van der Waals surface area contributed by atoms with Gasteiger partial charge in [-0.2, -0.15) is 35.1 Å². The SMILES string of the molecule is OCCCC(F)(F)C(F)(F)C(F)(F)C(F)(F)CO. The molecule has 0 bridgehead atoms. The molecule has 0 saturated carbocycles. The quantitative estimate of drug-likeness (QED) is 0.706. The molecule has 0 aromatic rings. The highest BCUT2D eigenvalue weighted by atomic mass is 19.4. The van der Waals surface area contributed by atoms with Crippen LogP contribution in [0.25, 0.3) is 0 Å². The Morgan fingerprint density at radius 1 is 0.667 bits per heavy atom. The maximum Gasteiger partial charge on any atom is 0.380 e. The Morgan fingerprint density at radius 3 is 1.39 bits per heavy atom. The van der Waals surface area contributed by atoms with Crippen molar-refractivity contribution in [3.63, 3.8) is 0 Å². The Bertz CT molecular complexity index is 278. The van der Waals surface area contributed by atoms with E-state index in [9.17, 15) is 35.1 Å². The summed E-state index contributed by atoms with van der Waals surface area (Å²) in [5.41, 5.74) is 0. The summed E-state index contributed by atoms with van der Waals surface area (Å²) >= 11 is 0. The fourth-order valence-corrected chi connectivity index (χ4v) is 1.02. The molecule has 0 radical (unpaired) electrons. The van der Waals surface area contributed by atoms with Crippen LogP contribution in [0.15, 0.2) is 0 Å². The normalized spacial score (nSPS) is 15.0. The van der Waals surface area contributed by atoms with E-state index in [1.54, 1.807) is 0 Å². The Morgan fingerprint density at radius 2 is 1.06 bits per heavy atom. The molecular formula is C8H10F8O2. The molecule has 10 heteroatoms.